The molecule has 1 fully saturated rings. The quantitative estimate of drug-likeness (QED) is 0.143. The molecule has 2 heterocycles. The van der Waals surface area contributed by atoms with Gasteiger partial charge in [0.05, 0.1) is 17.1 Å². The van der Waals surface area contributed by atoms with Gasteiger partial charge in [0, 0.05) is 12.1 Å². The van der Waals surface area contributed by atoms with Crippen molar-refractivity contribution in [2.24, 2.45) is 4.99 Å². The summed E-state index contributed by atoms with van der Waals surface area (Å²) in [5.41, 5.74) is 3.54. The molecule has 1 saturated heterocycles. The lowest BCUT2D eigenvalue weighted by molar-refractivity contribution is -0.274. The fourth-order valence-corrected chi connectivity index (χ4v) is 5.69. The number of aromatic nitrogens is 3. The summed E-state index contributed by atoms with van der Waals surface area (Å²) in [5, 5.41) is 7.49. The molecule has 0 unspecified atom stereocenters. The molecule has 3 aromatic carbocycles. The van der Waals surface area contributed by atoms with E-state index in [0.29, 0.717) is 35.7 Å². The van der Waals surface area contributed by atoms with Crippen LogP contribution >= 0.6 is 11.8 Å². The molecule has 1 aliphatic heterocycles. The number of rotatable bonds is 10. The van der Waals surface area contributed by atoms with Gasteiger partial charge in [-0.05, 0) is 84.8 Å². The number of amides is 3. The Labute approximate surface area is 266 Å². The number of carbonyl (C=O) groups is 2. The first-order chi connectivity index (χ1) is 22.0. The first kappa shape index (κ1) is 32.7. The second-order valence-electron chi connectivity index (χ2n) is 10.7. The number of amidine groups is 1. The normalized spacial score (nSPS) is 14.4. The largest absolute Gasteiger partial charge is 0.573 e. The number of halogens is 4. The molecule has 0 radical (unpaired) electrons. The number of nitrogens with one attached hydrogen (secondary N) is 1. The molecule has 0 aliphatic carbocycles. The van der Waals surface area contributed by atoms with Gasteiger partial charge in [0.25, 0.3) is 0 Å². The second kappa shape index (κ2) is 14.1. The van der Waals surface area contributed by atoms with Gasteiger partial charge in [-0.2, -0.15) is 4.99 Å². The maximum atomic E-state index is 13.9. The molecule has 14 heteroatoms. The minimum Gasteiger partial charge on any atom is -0.406 e. The molecule has 240 valence electrons. The number of alkyl halides is 3. The fourth-order valence-electron chi connectivity index (χ4n) is 4.84. The van der Waals surface area contributed by atoms with E-state index in [1.165, 1.54) is 70.1 Å². The van der Waals surface area contributed by atoms with Crippen molar-refractivity contribution in [1.82, 2.24) is 20.1 Å². The molecule has 3 amide bonds. The van der Waals surface area contributed by atoms with Crippen LogP contribution in [0.1, 0.15) is 43.7 Å². The Hall–Kier alpha value is -4.72. The average molecular weight is 655 g/mol. The number of anilines is 1. The van der Waals surface area contributed by atoms with Crippen molar-refractivity contribution in [3.63, 3.8) is 0 Å². The molecule has 0 atom stereocenters. The predicted molar refractivity (Wildman–Crippen MR) is 168 cm³/mol. The van der Waals surface area contributed by atoms with Crippen molar-refractivity contribution in [2.45, 2.75) is 45.4 Å². The van der Waals surface area contributed by atoms with Gasteiger partial charge in [-0.3, -0.25) is 9.69 Å². The number of benzene rings is 3. The zero-order chi connectivity index (χ0) is 32.8. The lowest BCUT2D eigenvalue weighted by atomic mass is 10.0. The van der Waals surface area contributed by atoms with Crippen molar-refractivity contribution in [1.29, 1.82) is 0 Å². The van der Waals surface area contributed by atoms with E-state index in [1.807, 2.05) is 38.1 Å². The second-order valence-corrected chi connectivity index (χ2v) is 11.7. The summed E-state index contributed by atoms with van der Waals surface area (Å²) in [5.74, 6) is -0.373. The first-order valence-electron chi connectivity index (χ1n) is 14.5. The zero-order valence-corrected chi connectivity index (χ0v) is 25.7. The topological polar surface area (TPSA) is 102 Å². The highest BCUT2D eigenvalue weighted by Crippen LogP contribution is 2.34. The summed E-state index contributed by atoms with van der Waals surface area (Å²) < 4.78 is 56.5. The Morgan fingerprint density at radius 1 is 1.09 bits per heavy atom. The van der Waals surface area contributed by atoms with Gasteiger partial charge < -0.3 is 10.1 Å². The molecular weight excluding hydrogens is 624 g/mol. The summed E-state index contributed by atoms with van der Waals surface area (Å²) in [6.45, 7) is 4.20. The molecule has 1 N–H and O–H groups in total. The van der Waals surface area contributed by atoms with Crippen LogP contribution in [0.25, 0.3) is 17.1 Å². The minimum atomic E-state index is -4.76. The number of unbranched alkanes of at least 4 members (excludes halogenated alkanes) is 1. The van der Waals surface area contributed by atoms with Crippen LogP contribution in [-0.4, -0.2) is 50.5 Å². The van der Waals surface area contributed by atoms with E-state index in [-0.39, 0.29) is 28.5 Å². The number of nitrogens with zero attached hydrogens (tertiary/aromatic N) is 5. The summed E-state index contributed by atoms with van der Waals surface area (Å²) in [6, 6.07) is 16.7. The van der Waals surface area contributed by atoms with Crippen LogP contribution in [0.3, 0.4) is 0 Å². The van der Waals surface area contributed by atoms with E-state index in [0.717, 1.165) is 24.0 Å². The van der Waals surface area contributed by atoms with Gasteiger partial charge in [0.2, 0.25) is 5.91 Å². The monoisotopic (exact) mass is 654 g/mol. The molecule has 46 heavy (non-hydrogen) atoms. The number of urea groups is 1. The van der Waals surface area contributed by atoms with Crippen LogP contribution in [0, 0.1) is 5.82 Å². The van der Waals surface area contributed by atoms with Gasteiger partial charge in [-0.1, -0.05) is 43.8 Å². The Morgan fingerprint density at radius 3 is 2.61 bits per heavy atom. The van der Waals surface area contributed by atoms with E-state index in [1.54, 1.807) is 0 Å². The number of carbonyl (C=O) groups excluding carboxylic acids is 2. The van der Waals surface area contributed by atoms with E-state index in [2.05, 4.69) is 25.1 Å². The SMILES string of the molecule is CC(C)c1cc(F)ccc1N1C(=O)CS/C1=N\C(=O)NCCCCc1cccc(-c2ncn(-c3ccc(OC(F)(F)F)cc3)n2)c1. The Balaban J connectivity index is 1.12. The molecule has 1 aromatic heterocycles. The number of ether oxygens (including phenoxy) is 1. The molecule has 5 rings (SSSR count). The lowest BCUT2D eigenvalue weighted by Gasteiger charge is -2.21. The maximum absolute atomic E-state index is 13.9. The summed E-state index contributed by atoms with van der Waals surface area (Å²) in [6.07, 6.45) is -1.08. The molecule has 4 aromatic rings. The number of aryl methyl sites for hydroxylation is 1. The minimum absolute atomic E-state index is 0.0374. The van der Waals surface area contributed by atoms with Crippen molar-refractivity contribution in [3.8, 4) is 22.8 Å². The van der Waals surface area contributed by atoms with Gasteiger partial charge >= 0.3 is 12.4 Å². The Kier molecular flexibility index (Phi) is 10.0. The number of aliphatic imine (C=N–C) groups is 1. The first-order valence-corrected chi connectivity index (χ1v) is 15.4. The van der Waals surface area contributed by atoms with Crippen molar-refractivity contribution in [3.05, 3.63) is 90.0 Å². The molecule has 0 saturated carbocycles. The van der Waals surface area contributed by atoms with E-state index in [9.17, 15) is 27.2 Å². The molecular formula is C32H30F4N6O3S. The van der Waals surface area contributed by atoms with Gasteiger partial charge in [-0.15, -0.1) is 18.3 Å². The number of thioether (sulfide) groups is 1. The highest BCUT2D eigenvalue weighted by molar-refractivity contribution is 8.15. The van der Waals surface area contributed by atoms with E-state index < -0.39 is 18.2 Å². The van der Waals surface area contributed by atoms with Crippen molar-refractivity contribution >= 4 is 34.6 Å². The lowest BCUT2D eigenvalue weighted by Crippen LogP contribution is -2.32. The third-order valence-corrected chi connectivity index (χ3v) is 7.92. The van der Waals surface area contributed by atoms with E-state index >= 15 is 0 Å². The smallest absolute Gasteiger partial charge is 0.406 e. The van der Waals surface area contributed by atoms with Crippen LogP contribution in [-0.2, 0) is 11.2 Å². The van der Waals surface area contributed by atoms with Gasteiger partial charge in [0.15, 0.2) is 11.0 Å². The molecule has 9 nitrogen and oxygen atoms in total. The highest BCUT2D eigenvalue weighted by atomic mass is 32.2. The average Bonchev–Trinajstić information content (AvgIpc) is 3.64. The number of hydrogen-bond acceptors (Lipinski definition) is 6. The number of hydrogen-bond donors (Lipinski definition) is 1. The summed E-state index contributed by atoms with van der Waals surface area (Å²) in [4.78, 5) is 35.1. The Morgan fingerprint density at radius 2 is 1.87 bits per heavy atom. The Bertz CT molecular complexity index is 1740. The maximum Gasteiger partial charge on any atom is 0.573 e. The molecule has 0 spiro atoms. The third kappa shape index (κ3) is 8.30. The van der Waals surface area contributed by atoms with Crippen LogP contribution < -0.4 is 15.0 Å². The predicted octanol–water partition coefficient (Wildman–Crippen LogP) is 7.26. The highest BCUT2D eigenvalue weighted by Gasteiger charge is 2.33. The van der Waals surface area contributed by atoms with Crippen LogP contribution in [0.15, 0.2) is 78.0 Å². The zero-order valence-electron chi connectivity index (χ0n) is 24.9. The van der Waals surface area contributed by atoms with Crippen LogP contribution in [0.4, 0.5) is 28.0 Å². The standard InChI is InChI=1S/C32H30F4N6O3S/c1-20(2)26-17-23(33)9-14-27(26)42-28(43)18-46-31(42)39-30(44)37-15-4-3-6-21-7-5-8-22(16-21)29-38-19-41(40-29)24-10-12-25(13-11-24)45-32(34,35)36/h5,7-14,16-17,19-20H,3-4,6,15,18H2,1-2H3,(H,37,44)/b39-31-. The van der Waals surface area contributed by atoms with Crippen LogP contribution in [0.5, 0.6) is 5.75 Å². The third-order valence-electron chi connectivity index (χ3n) is 7.00. The summed E-state index contributed by atoms with van der Waals surface area (Å²) >= 11 is 1.17. The van der Waals surface area contributed by atoms with E-state index in [4.69, 9.17) is 0 Å². The van der Waals surface area contributed by atoms with Crippen molar-refractivity contribution < 1.29 is 31.9 Å². The van der Waals surface area contributed by atoms with Crippen LogP contribution in [0.2, 0.25) is 0 Å². The van der Waals surface area contributed by atoms with Gasteiger partial charge in [0.1, 0.15) is 17.9 Å². The summed E-state index contributed by atoms with van der Waals surface area (Å²) in [7, 11) is 0. The molecule has 1 aliphatic rings. The fraction of sp³-hybridized carbons (Fsp3) is 0.281. The van der Waals surface area contributed by atoms with Crippen molar-refractivity contribution in [2.75, 3.05) is 17.2 Å². The van der Waals surface area contributed by atoms with Gasteiger partial charge in [-0.25, -0.2) is 18.9 Å². The molecule has 0 bridgehead atoms.